The van der Waals surface area contributed by atoms with Crippen LogP contribution in [0.2, 0.25) is 0 Å². The maximum atomic E-state index is 14.3. The first-order valence-corrected chi connectivity index (χ1v) is 6.46. The Kier molecular flexibility index (Phi) is 3.58. The van der Waals surface area contributed by atoms with Crippen LogP contribution in [0.4, 0.5) is 8.78 Å². The summed E-state index contributed by atoms with van der Waals surface area (Å²) in [5.41, 5.74) is 1.16. The average molecular weight is 293 g/mol. The van der Waals surface area contributed by atoms with Gasteiger partial charge in [-0.05, 0) is 23.3 Å². The van der Waals surface area contributed by atoms with Crippen LogP contribution in [0.3, 0.4) is 0 Å². The number of halogens is 2. The molecule has 5 heteroatoms. The van der Waals surface area contributed by atoms with Crippen molar-refractivity contribution in [2.24, 2.45) is 0 Å². The molecule has 2 aromatic carbocycles. The van der Waals surface area contributed by atoms with E-state index in [-0.39, 0.29) is 17.0 Å². The molecule has 106 valence electrons. The van der Waals surface area contributed by atoms with Crippen molar-refractivity contribution in [1.82, 2.24) is 9.97 Å². The molecule has 0 saturated carbocycles. The molecule has 0 saturated heterocycles. The third-order valence-electron chi connectivity index (χ3n) is 3.19. The van der Waals surface area contributed by atoms with Gasteiger partial charge in [0.05, 0.1) is 5.56 Å². The Labute approximate surface area is 125 Å². The molecular formula is C17H9F2N3. The van der Waals surface area contributed by atoms with E-state index in [4.69, 9.17) is 5.26 Å². The number of hydrogen-bond donors (Lipinski definition) is 0. The fourth-order valence-corrected chi connectivity index (χ4v) is 2.16. The van der Waals surface area contributed by atoms with Crippen molar-refractivity contribution < 1.29 is 8.78 Å². The maximum absolute atomic E-state index is 14.3. The summed E-state index contributed by atoms with van der Waals surface area (Å²) in [5.74, 6) is -1.45. The molecule has 0 fully saturated rings. The highest BCUT2D eigenvalue weighted by atomic mass is 19.1. The van der Waals surface area contributed by atoms with Gasteiger partial charge < -0.3 is 0 Å². The summed E-state index contributed by atoms with van der Waals surface area (Å²) in [6.07, 6.45) is 2.46. The van der Waals surface area contributed by atoms with Gasteiger partial charge in [0.2, 0.25) is 5.82 Å². The van der Waals surface area contributed by atoms with E-state index in [1.165, 1.54) is 24.5 Å². The first-order chi connectivity index (χ1) is 10.7. The first kappa shape index (κ1) is 13.8. The molecule has 0 atom stereocenters. The topological polar surface area (TPSA) is 49.6 Å². The van der Waals surface area contributed by atoms with Crippen molar-refractivity contribution in [1.29, 1.82) is 5.26 Å². The van der Waals surface area contributed by atoms with Crippen LogP contribution in [0.5, 0.6) is 0 Å². The zero-order valence-corrected chi connectivity index (χ0v) is 11.3. The predicted molar refractivity (Wildman–Crippen MR) is 77.5 cm³/mol. The van der Waals surface area contributed by atoms with Gasteiger partial charge >= 0.3 is 0 Å². The monoisotopic (exact) mass is 293 g/mol. The number of nitriles is 1. The molecule has 0 bridgehead atoms. The summed E-state index contributed by atoms with van der Waals surface area (Å²) in [6, 6.07) is 13.3. The normalized spacial score (nSPS) is 10.2. The zero-order chi connectivity index (χ0) is 15.5. The Morgan fingerprint density at radius 3 is 1.95 bits per heavy atom. The van der Waals surface area contributed by atoms with Crippen molar-refractivity contribution in [2.45, 2.75) is 0 Å². The minimum absolute atomic E-state index is 0.0505. The van der Waals surface area contributed by atoms with E-state index in [9.17, 15) is 8.78 Å². The molecule has 22 heavy (non-hydrogen) atoms. The van der Waals surface area contributed by atoms with E-state index in [1.807, 2.05) is 6.07 Å². The molecule has 0 amide bonds. The summed E-state index contributed by atoms with van der Waals surface area (Å²) >= 11 is 0. The second-order valence-corrected chi connectivity index (χ2v) is 4.59. The van der Waals surface area contributed by atoms with Crippen molar-refractivity contribution >= 4 is 0 Å². The highest BCUT2D eigenvalue weighted by Gasteiger charge is 2.15. The Hall–Kier alpha value is -3.13. The molecule has 0 radical (unpaired) electrons. The van der Waals surface area contributed by atoms with Gasteiger partial charge in [-0.3, -0.25) is 0 Å². The summed E-state index contributed by atoms with van der Waals surface area (Å²) in [5, 5.41) is 8.65. The van der Waals surface area contributed by atoms with Crippen LogP contribution >= 0.6 is 0 Å². The highest BCUT2D eigenvalue weighted by molar-refractivity contribution is 5.71. The zero-order valence-electron chi connectivity index (χ0n) is 11.3. The third kappa shape index (κ3) is 2.54. The second-order valence-electron chi connectivity index (χ2n) is 4.59. The van der Waals surface area contributed by atoms with E-state index in [1.54, 1.807) is 30.3 Å². The van der Waals surface area contributed by atoms with Crippen molar-refractivity contribution in [3.8, 4) is 28.3 Å². The molecule has 0 aliphatic heterocycles. The SMILES string of the molecule is N#Cc1ncc(-c2c(F)cc(-c3ccccc3)cc2F)cn1. The summed E-state index contributed by atoms with van der Waals surface area (Å²) in [4.78, 5) is 7.46. The fourth-order valence-electron chi connectivity index (χ4n) is 2.16. The molecule has 0 aliphatic rings. The molecule has 3 nitrogen and oxygen atoms in total. The Balaban J connectivity index is 2.09. The molecule has 3 rings (SSSR count). The fraction of sp³-hybridized carbons (Fsp3) is 0. The van der Waals surface area contributed by atoms with E-state index in [2.05, 4.69) is 9.97 Å². The lowest BCUT2D eigenvalue weighted by atomic mass is 10.0. The largest absolute Gasteiger partial charge is 0.232 e. The van der Waals surface area contributed by atoms with Gasteiger partial charge in [0, 0.05) is 18.0 Å². The minimum atomic E-state index is -0.702. The quantitative estimate of drug-likeness (QED) is 0.718. The van der Waals surface area contributed by atoms with Crippen LogP contribution in [-0.4, -0.2) is 9.97 Å². The van der Waals surface area contributed by atoms with Crippen molar-refractivity contribution in [3.05, 3.63) is 72.3 Å². The Morgan fingerprint density at radius 1 is 0.818 bits per heavy atom. The first-order valence-electron chi connectivity index (χ1n) is 6.46. The van der Waals surface area contributed by atoms with Gasteiger partial charge in [-0.15, -0.1) is 0 Å². The number of aromatic nitrogens is 2. The van der Waals surface area contributed by atoms with Gasteiger partial charge in [-0.2, -0.15) is 5.26 Å². The van der Waals surface area contributed by atoms with E-state index >= 15 is 0 Å². The minimum Gasteiger partial charge on any atom is -0.227 e. The average Bonchev–Trinajstić information content (AvgIpc) is 2.55. The van der Waals surface area contributed by atoms with Gasteiger partial charge in [-0.25, -0.2) is 18.7 Å². The second kappa shape index (κ2) is 5.70. The number of nitrogens with zero attached hydrogens (tertiary/aromatic N) is 3. The van der Waals surface area contributed by atoms with Crippen LogP contribution in [0, 0.1) is 23.0 Å². The van der Waals surface area contributed by atoms with E-state index in [0.717, 1.165) is 5.56 Å². The lowest BCUT2D eigenvalue weighted by molar-refractivity contribution is 0.590. The highest BCUT2D eigenvalue weighted by Crippen LogP contribution is 2.30. The number of benzene rings is 2. The van der Waals surface area contributed by atoms with Gasteiger partial charge in [-0.1, -0.05) is 30.3 Å². The standard InChI is InChI=1S/C17H9F2N3/c18-14-6-12(11-4-2-1-3-5-11)7-15(19)17(14)13-9-21-16(8-20)22-10-13/h1-7,9-10H. The molecule has 0 spiro atoms. The lowest BCUT2D eigenvalue weighted by Gasteiger charge is -2.08. The number of hydrogen-bond acceptors (Lipinski definition) is 3. The Bertz CT molecular complexity index is 830. The molecule has 0 unspecified atom stereocenters. The van der Waals surface area contributed by atoms with Crippen molar-refractivity contribution in [3.63, 3.8) is 0 Å². The molecule has 1 heterocycles. The third-order valence-corrected chi connectivity index (χ3v) is 3.19. The van der Waals surface area contributed by atoms with E-state index in [0.29, 0.717) is 5.56 Å². The lowest BCUT2D eigenvalue weighted by Crippen LogP contribution is -1.95. The summed E-state index contributed by atoms with van der Waals surface area (Å²) in [6.45, 7) is 0. The Morgan fingerprint density at radius 2 is 1.41 bits per heavy atom. The molecule has 3 aromatic rings. The smallest absolute Gasteiger partial charge is 0.227 e. The molecular weight excluding hydrogens is 284 g/mol. The van der Waals surface area contributed by atoms with E-state index < -0.39 is 11.6 Å². The molecule has 0 aliphatic carbocycles. The van der Waals surface area contributed by atoms with Crippen LogP contribution in [0.1, 0.15) is 5.82 Å². The molecule has 1 aromatic heterocycles. The summed E-state index contributed by atoms with van der Waals surface area (Å²) < 4.78 is 28.6. The van der Waals surface area contributed by atoms with Gasteiger partial charge in [0.25, 0.3) is 0 Å². The number of rotatable bonds is 2. The van der Waals surface area contributed by atoms with Crippen LogP contribution in [0.15, 0.2) is 54.9 Å². The van der Waals surface area contributed by atoms with Crippen LogP contribution < -0.4 is 0 Å². The van der Waals surface area contributed by atoms with Crippen LogP contribution in [-0.2, 0) is 0 Å². The van der Waals surface area contributed by atoms with Gasteiger partial charge in [0.1, 0.15) is 17.7 Å². The van der Waals surface area contributed by atoms with Crippen LogP contribution in [0.25, 0.3) is 22.3 Å². The van der Waals surface area contributed by atoms with Gasteiger partial charge in [0.15, 0.2) is 0 Å². The maximum Gasteiger partial charge on any atom is 0.232 e. The van der Waals surface area contributed by atoms with Crippen molar-refractivity contribution in [2.75, 3.05) is 0 Å². The molecule has 0 N–H and O–H groups in total. The predicted octanol–water partition coefficient (Wildman–Crippen LogP) is 3.96. The summed E-state index contributed by atoms with van der Waals surface area (Å²) in [7, 11) is 0.